The van der Waals surface area contributed by atoms with Crippen LogP contribution in [0, 0.1) is 0 Å². The molecule has 1 aromatic rings. The fourth-order valence-electron chi connectivity index (χ4n) is 2.63. The van der Waals surface area contributed by atoms with E-state index in [1.165, 1.54) is 0 Å². The Labute approximate surface area is 99.6 Å². The summed E-state index contributed by atoms with van der Waals surface area (Å²) < 4.78 is 0. The fourth-order valence-corrected chi connectivity index (χ4v) is 2.63. The summed E-state index contributed by atoms with van der Waals surface area (Å²) >= 11 is 0. The molecule has 2 aliphatic rings. The van der Waals surface area contributed by atoms with E-state index in [2.05, 4.69) is 0 Å². The summed E-state index contributed by atoms with van der Waals surface area (Å²) in [4.78, 5) is 23.8. The van der Waals surface area contributed by atoms with Crippen LogP contribution in [0.4, 0.5) is 0 Å². The third-order valence-electron chi connectivity index (χ3n) is 3.42. The highest BCUT2D eigenvalue weighted by Crippen LogP contribution is 2.40. The van der Waals surface area contributed by atoms with Crippen molar-refractivity contribution in [2.45, 2.75) is 18.8 Å². The van der Waals surface area contributed by atoms with Gasteiger partial charge in [-0.2, -0.15) is 0 Å². The third kappa shape index (κ3) is 1.57. The summed E-state index contributed by atoms with van der Waals surface area (Å²) in [5, 5.41) is 0. The largest absolute Gasteiger partial charge is 0.294 e. The van der Waals surface area contributed by atoms with Gasteiger partial charge in [-0.25, -0.2) is 0 Å². The van der Waals surface area contributed by atoms with Gasteiger partial charge in [-0.3, -0.25) is 9.59 Å². The van der Waals surface area contributed by atoms with Crippen molar-refractivity contribution in [2.75, 3.05) is 0 Å². The average molecular weight is 224 g/mol. The second-order valence-corrected chi connectivity index (χ2v) is 4.45. The molecule has 17 heavy (non-hydrogen) atoms. The normalized spacial score (nSPS) is 23.2. The van der Waals surface area contributed by atoms with Gasteiger partial charge in [0.25, 0.3) is 0 Å². The number of allylic oxidation sites excluding steroid dienone is 4. The molecular formula is C15H12O2. The zero-order valence-corrected chi connectivity index (χ0v) is 9.35. The second-order valence-electron chi connectivity index (χ2n) is 4.45. The summed E-state index contributed by atoms with van der Waals surface area (Å²) in [7, 11) is 0. The van der Waals surface area contributed by atoms with Crippen molar-refractivity contribution >= 4 is 11.6 Å². The maximum absolute atomic E-state index is 11.9. The minimum Gasteiger partial charge on any atom is -0.294 e. The summed E-state index contributed by atoms with van der Waals surface area (Å²) in [6.07, 6.45) is 4.45. The van der Waals surface area contributed by atoms with Gasteiger partial charge in [-0.1, -0.05) is 42.5 Å². The molecule has 0 amide bonds. The molecular weight excluding hydrogens is 212 g/mol. The Kier molecular flexibility index (Phi) is 2.29. The minimum atomic E-state index is -0.0313. The van der Waals surface area contributed by atoms with Gasteiger partial charge in [0.05, 0.1) is 0 Å². The zero-order valence-electron chi connectivity index (χ0n) is 9.35. The van der Waals surface area contributed by atoms with Crippen LogP contribution in [0.1, 0.15) is 24.3 Å². The first-order valence-electron chi connectivity index (χ1n) is 5.79. The molecule has 0 heterocycles. The van der Waals surface area contributed by atoms with Crippen molar-refractivity contribution in [3.63, 3.8) is 0 Å². The van der Waals surface area contributed by atoms with Gasteiger partial charge in [0.15, 0.2) is 11.6 Å². The van der Waals surface area contributed by atoms with Gasteiger partial charge in [-0.15, -0.1) is 0 Å². The molecule has 0 saturated heterocycles. The van der Waals surface area contributed by atoms with Crippen molar-refractivity contribution in [3.8, 4) is 0 Å². The number of benzene rings is 1. The molecule has 0 fully saturated rings. The van der Waals surface area contributed by atoms with Crippen LogP contribution in [0.2, 0.25) is 0 Å². The molecule has 2 heteroatoms. The highest BCUT2D eigenvalue weighted by Gasteiger charge is 2.36. The lowest BCUT2D eigenvalue weighted by molar-refractivity contribution is -0.116. The van der Waals surface area contributed by atoms with Crippen molar-refractivity contribution < 1.29 is 9.59 Å². The van der Waals surface area contributed by atoms with Crippen molar-refractivity contribution in [1.29, 1.82) is 0 Å². The van der Waals surface area contributed by atoms with E-state index < -0.39 is 0 Å². The molecule has 1 atom stereocenters. The number of rotatable bonds is 1. The van der Waals surface area contributed by atoms with Crippen LogP contribution in [-0.2, 0) is 9.59 Å². The van der Waals surface area contributed by atoms with E-state index in [1.807, 2.05) is 36.4 Å². The molecule has 2 nitrogen and oxygen atoms in total. The Morgan fingerprint density at radius 2 is 1.76 bits per heavy atom. The average Bonchev–Trinajstić information content (AvgIpc) is 2.70. The van der Waals surface area contributed by atoms with Crippen LogP contribution in [0.5, 0.6) is 0 Å². The van der Waals surface area contributed by atoms with Crippen LogP contribution in [0.25, 0.3) is 0 Å². The molecule has 0 spiro atoms. The van der Waals surface area contributed by atoms with E-state index in [-0.39, 0.29) is 17.5 Å². The fraction of sp³-hybridized carbons (Fsp3) is 0.200. The quantitative estimate of drug-likeness (QED) is 0.734. The Morgan fingerprint density at radius 1 is 1.00 bits per heavy atom. The van der Waals surface area contributed by atoms with E-state index in [0.29, 0.717) is 18.4 Å². The van der Waals surface area contributed by atoms with Crippen LogP contribution in [0.15, 0.2) is 53.6 Å². The van der Waals surface area contributed by atoms with E-state index in [0.717, 1.165) is 11.1 Å². The number of carbonyl (C=O) groups is 2. The SMILES string of the molecule is O=C1CC(c2ccccc2)C2=C1C=CCC2=O. The molecule has 84 valence electrons. The van der Waals surface area contributed by atoms with Gasteiger partial charge in [-0.05, 0) is 5.56 Å². The Morgan fingerprint density at radius 3 is 2.53 bits per heavy atom. The van der Waals surface area contributed by atoms with E-state index >= 15 is 0 Å². The molecule has 1 unspecified atom stereocenters. The Hall–Kier alpha value is -1.96. The summed E-state index contributed by atoms with van der Waals surface area (Å²) in [5.74, 6) is 0.163. The molecule has 2 aliphatic carbocycles. The molecule has 1 aromatic carbocycles. The lowest BCUT2D eigenvalue weighted by Gasteiger charge is -2.15. The van der Waals surface area contributed by atoms with Crippen LogP contribution in [-0.4, -0.2) is 11.6 Å². The predicted octanol–water partition coefficient (Wildman–Crippen LogP) is 2.57. The molecule has 0 N–H and O–H groups in total. The Balaban J connectivity index is 2.10. The lowest BCUT2D eigenvalue weighted by atomic mass is 9.87. The van der Waals surface area contributed by atoms with E-state index in [9.17, 15) is 9.59 Å². The predicted molar refractivity (Wildman–Crippen MR) is 64.6 cm³/mol. The molecule has 0 radical (unpaired) electrons. The van der Waals surface area contributed by atoms with Gasteiger partial charge >= 0.3 is 0 Å². The first-order valence-corrected chi connectivity index (χ1v) is 5.79. The molecule has 0 bridgehead atoms. The van der Waals surface area contributed by atoms with Crippen molar-refractivity contribution in [2.24, 2.45) is 0 Å². The Bertz CT molecular complexity index is 550. The number of hydrogen-bond donors (Lipinski definition) is 0. The maximum Gasteiger partial charge on any atom is 0.164 e. The van der Waals surface area contributed by atoms with Gasteiger partial charge in [0.1, 0.15) is 0 Å². The van der Waals surface area contributed by atoms with Gasteiger partial charge < -0.3 is 0 Å². The van der Waals surface area contributed by atoms with Crippen LogP contribution >= 0.6 is 0 Å². The topological polar surface area (TPSA) is 34.1 Å². The lowest BCUT2D eigenvalue weighted by Crippen LogP contribution is -2.10. The smallest absolute Gasteiger partial charge is 0.164 e. The summed E-state index contributed by atoms with van der Waals surface area (Å²) in [6, 6.07) is 9.81. The number of carbonyl (C=O) groups excluding carboxylic acids is 2. The standard InChI is InChI=1S/C15H12O2/c16-13-8-4-7-11-14(17)9-12(15(11)13)10-5-2-1-3-6-10/h1-7,12H,8-9H2. The maximum atomic E-state index is 11.9. The highest BCUT2D eigenvalue weighted by atomic mass is 16.1. The monoisotopic (exact) mass is 224 g/mol. The zero-order chi connectivity index (χ0) is 11.8. The number of ketones is 2. The van der Waals surface area contributed by atoms with Crippen molar-refractivity contribution in [1.82, 2.24) is 0 Å². The van der Waals surface area contributed by atoms with Crippen LogP contribution < -0.4 is 0 Å². The first-order chi connectivity index (χ1) is 8.27. The molecule has 0 saturated carbocycles. The number of hydrogen-bond acceptors (Lipinski definition) is 2. The number of Topliss-reactive ketones (excluding diaryl/α,β-unsaturated/α-hetero) is 2. The van der Waals surface area contributed by atoms with Gasteiger partial charge in [0.2, 0.25) is 0 Å². The summed E-state index contributed by atoms with van der Waals surface area (Å²) in [5.41, 5.74) is 2.42. The van der Waals surface area contributed by atoms with Gasteiger partial charge in [0, 0.05) is 29.9 Å². The minimum absolute atomic E-state index is 0.0313. The second kappa shape index (κ2) is 3.81. The van der Waals surface area contributed by atoms with Crippen LogP contribution in [0.3, 0.4) is 0 Å². The van der Waals surface area contributed by atoms with E-state index in [4.69, 9.17) is 0 Å². The molecule has 0 aromatic heterocycles. The van der Waals surface area contributed by atoms with E-state index in [1.54, 1.807) is 6.08 Å². The highest BCUT2D eigenvalue weighted by molar-refractivity contribution is 6.14. The van der Waals surface area contributed by atoms with Crippen molar-refractivity contribution in [3.05, 3.63) is 59.2 Å². The summed E-state index contributed by atoms with van der Waals surface area (Å²) in [6.45, 7) is 0. The first kappa shape index (κ1) is 10.2. The molecule has 3 rings (SSSR count). The molecule has 0 aliphatic heterocycles. The third-order valence-corrected chi connectivity index (χ3v) is 3.42.